The number of nitrogens with zero attached hydrogens (tertiary/aromatic N) is 4. The monoisotopic (exact) mass is 308 g/mol. The SMILES string of the molecule is Cc1nc(NC(=O)c2cnn(C)c2N)sc1C(=O)N(C)C. The zero-order chi connectivity index (χ0) is 15.7. The van der Waals surface area contributed by atoms with Gasteiger partial charge in [-0.1, -0.05) is 11.3 Å². The average Bonchev–Trinajstić information content (AvgIpc) is 2.93. The third kappa shape index (κ3) is 2.87. The second kappa shape index (κ2) is 5.52. The molecule has 0 aliphatic carbocycles. The summed E-state index contributed by atoms with van der Waals surface area (Å²) in [7, 11) is 4.97. The molecule has 0 saturated carbocycles. The minimum Gasteiger partial charge on any atom is -0.383 e. The number of hydrogen-bond donors (Lipinski definition) is 2. The Balaban J connectivity index is 2.21. The highest BCUT2D eigenvalue weighted by molar-refractivity contribution is 7.17. The van der Waals surface area contributed by atoms with Gasteiger partial charge in [-0.05, 0) is 6.92 Å². The van der Waals surface area contributed by atoms with Crippen molar-refractivity contribution in [2.45, 2.75) is 6.92 Å². The highest BCUT2D eigenvalue weighted by atomic mass is 32.1. The van der Waals surface area contributed by atoms with Crippen molar-refractivity contribution in [3.8, 4) is 0 Å². The normalized spacial score (nSPS) is 10.5. The minimum absolute atomic E-state index is 0.147. The quantitative estimate of drug-likeness (QED) is 0.869. The third-order valence-corrected chi connectivity index (χ3v) is 3.91. The zero-order valence-electron chi connectivity index (χ0n) is 12.2. The smallest absolute Gasteiger partial charge is 0.265 e. The van der Waals surface area contributed by atoms with Gasteiger partial charge >= 0.3 is 0 Å². The number of nitrogens with two attached hydrogens (primary N) is 1. The lowest BCUT2D eigenvalue weighted by molar-refractivity contribution is 0.0831. The van der Waals surface area contributed by atoms with E-state index in [0.29, 0.717) is 15.7 Å². The molecule has 2 aromatic rings. The fourth-order valence-corrected chi connectivity index (χ4v) is 2.62. The summed E-state index contributed by atoms with van der Waals surface area (Å²) in [6.45, 7) is 1.72. The van der Waals surface area contributed by atoms with Crippen molar-refractivity contribution in [2.24, 2.45) is 7.05 Å². The molecule has 112 valence electrons. The van der Waals surface area contributed by atoms with Crippen molar-refractivity contribution in [3.63, 3.8) is 0 Å². The van der Waals surface area contributed by atoms with Crippen molar-refractivity contribution in [2.75, 3.05) is 25.1 Å². The summed E-state index contributed by atoms with van der Waals surface area (Å²) in [5.74, 6) is -0.282. The Morgan fingerprint density at radius 3 is 2.62 bits per heavy atom. The topological polar surface area (TPSA) is 106 Å². The van der Waals surface area contributed by atoms with Crippen LogP contribution in [-0.2, 0) is 7.05 Å². The van der Waals surface area contributed by atoms with Gasteiger partial charge in [0.25, 0.3) is 11.8 Å². The zero-order valence-corrected chi connectivity index (χ0v) is 13.0. The van der Waals surface area contributed by atoms with Crippen LogP contribution in [0.4, 0.5) is 10.9 Å². The Labute approximate surface area is 125 Å². The van der Waals surface area contributed by atoms with Gasteiger partial charge in [-0.15, -0.1) is 0 Å². The molecule has 2 aromatic heterocycles. The first-order chi connectivity index (χ1) is 9.81. The Bertz CT molecular complexity index is 703. The van der Waals surface area contributed by atoms with Crippen molar-refractivity contribution < 1.29 is 9.59 Å². The van der Waals surface area contributed by atoms with Gasteiger partial charge in [0.15, 0.2) is 5.13 Å². The number of carbonyl (C=O) groups is 2. The fraction of sp³-hybridized carbons (Fsp3) is 0.333. The molecule has 8 nitrogen and oxygen atoms in total. The van der Waals surface area contributed by atoms with Crippen molar-refractivity contribution in [1.29, 1.82) is 0 Å². The van der Waals surface area contributed by atoms with E-state index < -0.39 is 5.91 Å². The molecule has 0 saturated heterocycles. The van der Waals surface area contributed by atoms with Gasteiger partial charge in [0, 0.05) is 21.1 Å². The molecule has 2 amide bonds. The van der Waals surface area contributed by atoms with Gasteiger partial charge in [0.2, 0.25) is 0 Å². The molecule has 2 heterocycles. The summed E-state index contributed by atoms with van der Waals surface area (Å²) in [4.78, 5) is 30.2. The minimum atomic E-state index is -0.404. The first-order valence-electron chi connectivity index (χ1n) is 6.09. The molecule has 2 rings (SSSR count). The molecule has 0 aliphatic heterocycles. The second-order valence-corrected chi connectivity index (χ2v) is 5.65. The summed E-state index contributed by atoms with van der Waals surface area (Å²) in [6, 6.07) is 0. The average molecular weight is 308 g/mol. The van der Waals surface area contributed by atoms with E-state index in [1.165, 1.54) is 15.8 Å². The lowest BCUT2D eigenvalue weighted by Gasteiger charge is -2.07. The van der Waals surface area contributed by atoms with Gasteiger partial charge in [0.05, 0.1) is 11.9 Å². The molecular weight excluding hydrogens is 292 g/mol. The van der Waals surface area contributed by atoms with E-state index in [0.717, 1.165) is 11.3 Å². The van der Waals surface area contributed by atoms with E-state index in [1.54, 1.807) is 28.1 Å². The van der Waals surface area contributed by atoms with Crippen LogP contribution in [0.2, 0.25) is 0 Å². The van der Waals surface area contributed by atoms with Crippen LogP contribution < -0.4 is 11.1 Å². The fourth-order valence-electron chi connectivity index (χ4n) is 1.64. The third-order valence-electron chi connectivity index (χ3n) is 2.85. The van der Waals surface area contributed by atoms with Gasteiger partial charge in [0.1, 0.15) is 16.3 Å². The maximum absolute atomic E-state index is 12.1. The number of hydrogen-bond acceptors (Lipinski definition) is 6. The van der Waals surface area contributed by atoms with E-state index in [9.17, 15) is 9.59 Å². The number of carbonyl (C=O) groups excluding carboxylic acids is 2. The van der Waals surface area contributed by atoms with E-state index in [1.807, 2.05) is 0 Å². The molecule has 0 fully saturated rings. The van der Waals surface area contributed by atoms with Gasteiger partial charge in [-0.25, -0.2) is 4.98 Å². The van der Waals surface area contributed by atoms with Crippen LogP contribution >= 0.6 is 11.3 Å². The standard InChI is InChI=1S/C12H16N6O2S/c1-6-8(11(20)17(2)3)21-12(15-6)16-10(19)7-5-14-18(4)9(7)13/h5H,13H2,1-4H3,(H,15,16,19). The van der Waals surface area contributed by atoms with Crippen LogP contribution in [0.25, 0.3) is 0 Å². The molecule has 0 atom stereocenters. The number of rotatable bonds is 3. The maximum atomic E-state index is 12.1. The highest BCUT2D eigenvalue weighted by Crippen LogP contribution is 2.24. The van der Waals surface area contributed by atoms with Gasteiger partial charge in [-0.2, -0.15) is 5.10 Å². The Hall–Kier alpha value is -2.42. The summed E-state index contributed by atoms with van der Waals surface area (Å²) >= 11 is 1.13. The number of nitrogens with one attached hydrogen (secondary N) is 1. The summed E-state index contributed by atoms with van der Waals surface area (Å²) in [5.41, 5.74) is 6.59. The second-order valence-electron chi connectivity index (χ2n) is 4.65. The number of nitrogen functional groups attached to an aromatic ring is 1. The molecule has 9 heteroatoms. The molecule has 0 spiro atoms. The van der Waals surface area contributed by atoms with Crippen LogP contribution in [-0.4, -0.2) is 45.6 Å². The molecule has 21 heavy (non-hydrogen) atoms. The lowest BCUT2D eigenvalue weighted by Crippen LogP contribution is -2.21. The maximum Gasteiger partial charge on any atom is 0.265 e. The van der Waals surface area contributed by atoms with Crippen LogP contribution in [0, 0.1) is 6.92 Å². The number of anilines is 2. The summed E-state index contributed by atoms with van der Waals surface area (Å²) in [6.07, 6.45) is 1.39. The van der Waals surface area contributed by atoms with Crippen molar-refractivity contribution in [3.05, 3.63) is 22.3 Å². The van der Waals surface area contributed by atoms with Crippen molar-refractivity contribution >= 4 is 34.1 Å². The molecule has 0 aromatic carbocycles. The van der Waals surface area contributed by atoms with Crippen LogP contribution in [0.1, 0.15) is 25.7 Å². The van der Waals surface area contributed by atoms with Crippen LogP contribution in [0.15, 0.2) is 6.20 Å². The Morgan fingerprint density at radius 2 is 2.10 bits per heavy atom. The molecule has 3 N–H and O–H groups in total. The van der Waals surface area contributed by atoms with Crippen LogP contribution in [0.5, 0.6) is 0 Å². The number of thiazole rings is 1. The molecule has 0 radical (unpaired) electrons. The molecular formula is C12H16N6O2S. The number of aromatic nitrogens is 3. The summed E-state index contributed by atoms with van der Waals surface area (Å²) < 4.78 is 1.41. The first kappa shape index (κ1) is 15.0. The van der Waals surface area contributed by atoms with Crippen molar-refractivity contribution in [1.82, 2.24) is 19.7 Å². The van der Waals surface area contributed by atoms with Gasteiger partial charge < -0.3 is 10.6 Å². The predicted molar refractivity (Wildman–Crippen MR) is 80.4 cm³/mol. The van der Waals surface area contributed by atoms with E-state index in [2.05, 4.69) is 15.4 Å². The molecule has 0 unspecified atom stereocenters. The number of amides is 2. The largest absolute Gasteiger partial charge is 0.383 e. The van der Waals surface area contributed by atoms with E-state index >= 15 is 0 Å². The first-order valence-corrected chi connectivity index (χ1v) is 6.90. The van der Waals surface area contributed by atoms with Crippen LogP contribution in [0.3, 0.4) is 0 Å². The van der Waals surface area contributed by atoms with E-state index in [4.69, 9.17) is 5.73 Å². The summed E-state index contributed by atoms with van der Waals surface area (Å²) in [5, 5.41) is 6.89. The highest BCUT2D eigenvalue weighted by Gasteiger charge is 2.20. The van der Waals surface area contributed by atoms with Gasteiger partial charge in [-0.3, -0.25) is 19.6 Å². The predicted octanol–water partition coefficient (Wildman–Crippen LogP) is 0.721. The van der Waals surface area contributed by atoms with E-state index in [-0.39, 0.29) is 17.3 Å². The lowest BCUT2D eigenvalue weighted by atomic mass is 10.3. The Morgan fingerprint density at radius 1 is 1.43 bits per heavy atom. The molecule has 0 aliphatic rings. The number of aryl methyl sites for hydroxylation is 2. The molecule has 0 bridgehead atoms. The Kier molecular flexibility index (Phi) is 3.94.